The van der Waals surface area contributed by atoms with E-state index in [0.717, 1.165) is 9.87 Å². The Labute approximate surface area is 211 Å². The Morgan fingerprint density at radius 2 is 1.80 bits per heavy atom. The SMILES string of the molecule is COc1ccc(S(=O)(=O)N(CC(=O)N/N=C\c2cc3c(cc2Br)OCO3)Cc2ccccc2)cc1. The molecular formula is C24H22BrN3O6S. The van der Waals surface area contributed by atoms with Gasteiger partial charge < -0.3 is 14.2 Å². The molecule has 1 heterocycles. The summed E-state index contributed by atoms with van der Waals surface area (Å²) in [4.78, 5) is 12.7. The fourth-order valence-electron chi connectivity index (χ4n) is 3.31. The average molecular weight is 560 g/mol. The second-order valence-electron chi connectivity index (χ2n) is 7.45. The van der Waals surface area contributed by atoms with Crippen molar-refractivity contribution in [2.24, 2.45) is 5.10 Å². The van der Waals surface area contributed by atoms with Crippen molar-refractivity contribution in [3.05, 3.63) is 82.3 Å². The molecule has 0 saturated heterocycles. The van der Waals surface area contributed by atoms with Gasteiger partial charge in [0, 0.05) is 16.6 Å². The molecule has 4 rings (SSSR count). The zero-order chi connectivity index (χ0) is 24.8. The number of rotatable bonds is 9. The summed E-state index contributed by atoms with van der Waals surface area (Å²) >= 11 is 3.42. The number of carbonyl (C=O) groups is 1. The van der Waals surface area contributed by atoms with Crippen LogP contribution in [-0.2, 0) is 21.4 Å². The first-order valence-electron chi connectivity index (χ1n) is 10.5. The van der Waals surface area contributed by atoms with Crippen molar-refractivity contribution >= 4 is 38.1 Å². The lowest BCUT2D eigenvalue weighted by Crippen LogP contribution is -2.39. The van der Waals surface area contributed by atoms with E-state index in [1.165, 1.54) is 25.5 Å². The molecule has 0 atom stereocenters. The number of carbonyl (C=O) groups excluding carboxylic acids is 1. The van der Waals surface area contributed by atoms with Gasteiger partial charge in [-0.05, 0) is 57.9 Å². The molecule has 0 spiro atoms. The number of benzene rings is 3. The molecule has 35 heavy (non-hydrogen) atoms. The Morgan fingerprint density at radius 3 is 2.49 bits per heavy atom. The quantitative estimate of drug-likeness (QED) is 0.317. The van der Waals surface area contributed by atoms with Crippen LogP contribution >= 0.6 is 15.9 Å². The highest BCUT2D eigenvalue weighted by Gasteiger charge is 2.27. The molecule has 0 bridgehead atoms. The van der Waals surface area contributed by atoms with Gasteiger partial charge in [-0.2, -0.15) is 9.41 Å². The van der Waals surface area contributed by atoms with Crippen LogP contribution < -0.4 is 19.6 Å². The first kappa shape index (κ1) is 24.7. The number of halogens is 1. The third kappa shape index (κ3) is 5.99. The van der Waals surface area contributed by atoms with Crippen LogP contribution in [0.5, 0.6) is 17.2 Å². The second kappa shape index (κ2) is 10.9. The zero-order valence-corrected chi connectivity index (χ0v) is 21.1. The van der Waals surface area contributed by atoms with E-state index in [-0.39, 0.29) is 18.2 Å². The minimum absolute atomic E-state index is 0.0139. The van der Waals surface area contributed by atoms with E-state index >= 15 is 0 Å². The number of hydrogen-bond acceptors (Lipinski definition) is 7. The van der Waals surface area contributed by atoms with Crippen LogP contribution in [0.1, 0.15) is 11.1 Å². The van der Waals surface area contributed by atoms with Crippen LogP contribution in [0.2, 0.25) is 0 Å². The fraction of sp³-hybridized carbons (Fsp3) is 0.167. The number of sulfonamides is 1. The largest absolute Gasteiger partial charge is 0.497 e. The van der Waals surface area contributed by atoms with Crippen LogP contribution in [0.15, 0.2) is 81.2 Å². The number of fused-ring (bicyclic) bond motifs is 1. The molecule has 0 aromatic heterocycles. The van der Waals surface area contributed by atoms with Crippen molar-refractivity contribution in [3.8, 4) is 17.2 Å². The van der Waals surface area contributed by atoms with Gasteiger partial charge in [0.1, 0.15) is 5.75 Å². The lowest BCUT2D eigenvalue weighted by Gasteiger charge is -2.21. The predicted molar refractivity (Wildman–Crippen MR) is 133 cm³/mol. The molecule has 0 aliphatic carbocycles. The second-order valence-corrected chi connectivity index (χ2v) is 10.2. The molecule has 11 heteroatoms. The van der Waals surface area contributed by atoms with Crippen LogP contribution in [0.4, 0.5) is 0 Å². The summed E-state index contributed by atoms with van der Waals surface area (Å²) in [5.74, 6) is 1.12. The van der Waals surface area contributed by atoms with Crippen molar-refractivity contribution in [2.45, 2.75) is 11.4 Å². The first-order valence-corrected chi connectivity index (χ1v) is 12.7. The topological polar surface area (TPSA) is 107 Å². The summed E-state index contributed by atoms with van der Waals surface area (Å²) < 4.78 is 44.3. The molecule has 1 aliphatic heterocycles. The molecule has 3 aromatic rings. The Hall–Kier alpha value is -3.41. The number of nitrogens with zero attached hydrogens (tertiary/aromatic N) is 2. The molecule has 1 amide bonds. The van der Waals surface area contributed by atoms with Gasteiger partial charge in [-0.25, -0.2) is 13.8 Å². The van der Waals surface area contributed by atoms with Crippen LogP contribution in [-0.4, -0.2) is 45.3 Å². The lowest BCUT2D eigenvalue weighted by atomic mass is 10.2. The van der Waals surface area contributed by atoms with E-state index in [9.17, 15) is 13.2 Å². The maximum Gasteiger partial charge on any atom is 0.255 e. The number of hydrogen-bond donors (Lipinski definition) is 1. The third-order valence-corrected chi connectivity index (χ3v) is 7.60. The van der Waals surface area contributed by atoms with Crippen LogP contribution in [0.25, 0.3) is 0 Å². The molecule has 182 valence electrons. The molecule has 1 N–H and O–H groups in total. The van der Waals surface area contributed by atoms with Gasteiger partial charge in [-0.1, -0.05) is 30.3 Å². The smallest absolute Gasteiger partial charge is 0.255 e. The van der Waals surface area contributed by atoms with Crippen molar-refractivity contribution < 1.29 is 27.4 Å². The van der Waals surface area contributed by atoms with Gasteiger partial charge in [0.15, 0.2) is 11.5 Å². The van der Waals surface area contributed by atoms with E-state index in [0.29, 0.717) is 27.3 Å². The van der Waals surface area contributed by atoms with Crippen molar-refractivity contribution in [3.63, 3.8) is 0 Å². The minimum atomic E-state index is -3.98. The van der Waals surface area contributed by atoms with E-state index < -0.39 is 22.5 Å². The van der Waals surface area contributed by atoms with Crippen LogP contribution in [0.3, 0.4) is 0 Å². The van der Waals surface area contributed by atoms with Gasteiger partial charge in [0.2, 0.25) is 16.8 Å². The number of methoxy groups -OCH3 is 1. The monoisotopic (exact) mass is 559 g/mol. The molecule has 1 aliphatic rings. The first-order chi connectivity index (χ1) is 16.9. The maximum absolute atomic E-state index is 13.4. The van der Waals surface area contributed by atoms with E-state index in [1.807, 2.05) is 6.07 Å². The summed E-state index contributed by atoms with van der Waals surface area (Å²) in [6, 6.07) is 18.5. The van der Waals surface area contributed by atoms with Crippen molar-refractivity contribution in [1.29, 1.82) is 0 Å². The third-order valence-electron chi connectivity index (χ3n) is 5.10. The normalized spacial score (nSPS) is 12.8. The molecule has 0 radical (unpaired) electrons. The molecule has 9 nitrogen and oxygen atoms in total. The molecule has 0 saturated carbocycles. The molecule has 0 unspecified atom stereocenters. The highest BCUT2D eigenvalue weighted by molar-refractivity contribution is 9.10. The van der Waals surface area contributed by atoms with Crippen molar-refractivity contribution in [2.75, 3.05) is 20.4 Å². The number of amides is 1. The number of nitrogens with one attached hydrogen (secondary N) is 1. The summed E-state index contributed by atoms with van der Waals surface area (Å²) in [5.41, 5.74) is 3.79. The molecular weight excluding hydrogens is 538 g/mol. The van der Waals surface area contributed by atoms with E-state index in [4.69, 9.17) is 14.2 Å². The van der Waals surface area contributed by atoms with Gasteiger partial charge in [-0.15, -0.1) is 0 Å². The van der Waals surface area contributed by atoms with Crippen LogP contribution in [0, 0.1) is 0 Å². The summed E-state index contributed by atoms with van der Waals surface area (Å²) in [5, 5.41) is 3.98. The fourth-order valence-corrected chi connectivity index (χ4v) is 5.12. The van der Waals surface area contributed by atoms with Gasteiger partial charge in [-0.3, -0.25) is 4.79 Å². The predicted octanol–water partition coefficient (Wildman–Crippen LogP) is 3.53. The summed E-state index contributed by atoms with van der Waals surface area (Å²) in [6.45, 7) is -0.276. The maximum atomic E-state index is 13.4. The van der Waals surface area contributed by atoms with E-state index in [1.54, 1.807) is 48.5 Å². The number of ether oxygens (including phenoxy) is 3. The number of hydrazone groups is 1. The summed E-state index contributed by atoms with van der Waals surface area (Å²) in [6.07, 6.45) is 1.43. The zero-order valence-electron chi connectivity index (χ0n) is 18.7. The lowest BCUT2D eigenvalue weighted by molar-refractivity contribution is -0.121. The molecule has 3 aromatic carbocycles. The van der Waals surface area contributed by atoms with Crippen molar-refractivity contribution in [1.82, 2.24) is 9.73 Å². The van der Waals surface area contributed by atoms with Gasteiger partial charge in [0.05, 0.1) is 24.8 Å². The van der Waals surface area contributed by atoms with E-state index in [2.05, 4.69) is 26.5 Å². The van der Waals surface area contributed by atoms with Gasteiger partial charge >= 0.3 is 0 Å². The highest BCUT2D eigenvalue weighted by Crippen LogP contribution is 2.36. The Morgan fingerprint density at radius 1 is 1.11 bits per heavy atom. The average Bonchev–Trinajstić information content (AvgIpc) is 3.31. The van der Waals surface area contributed by atoms with Gasteiger partial charge in [0.25, 0.3) is 5.91 Å². The minimum Gasteiger partial charge on any atom is -0.497 e. The Balaban J connectivity index is 1.50. The Kier molecular flexibility index (Phi) is 7.69. The standard InChI is InChI=1S/C24H22BrN3O6S/c1-32-19-7-9-20(10-8-19)35(30,31)28(14-17-5-3-2-4-6-17)15-24(29)27-26-13-18-11-22-23(12-21(18)25)34-16-33-22/h2-13H,14-16H2,1H3,(H,27,29)/b26-13-. The summed E-state index contributed by atoms with van der Waals surface area (Å²) in [7, 11) is -2.48. The molecule has 0 fully saturated rings. The Bertz CT molecular complexity index is 1330. The highest BCUT2D eigenvalue weighted by atomic mass is 79.9.